The molecule has 2 unspecified atom stereocenters. The summed E-state index contributed by atoms with van der Waals surface area (Å²) in [6, 6.07) is 8.00. The monoisotopic (exact) mass is 190 g/mol. The van der Waals surface area contributed by atoms with Gasteiger partial charge in [0.15, 0.2) is 0 Å². The van der Waals surface area contributed by atoms with Crippen LogP contribution in [-0.2, 0) is 4.79 Å². The van der Waals surface area contributed by atoms with Crippen LogP contribution in [0.1, 0.15) is 23.6 Å². The summed E-state index contributed by atoms with van der Waals surface area (Å²) in [5, 5.41) is 2.88. The predicted octanol–water partition coefficient (Wildman–Crippen LogP) is 0.883. The van der Waals surface area contributed by atoms with E-state index in [1.54, 1.807) is 0 Å². The van der Waals surface area contributed by atoms with Crippen LogP contribution in [0, 0.1) is 6.92 Å². The highest BCUT2D eigenvalue weighted by molar-refractivity contribution is 5.80. The summed E-state index contributed by atoms with van der Waals surface area (Å²) in [6.07, 6.45) is 0.429. The van der Waals surface area contributed by atoms with Gasteiger partial charge in [-0.15, -0.1) is 0 Å². The molecular weight excluding hydrogens is 176 g/mol. The van der Waals surface area contributed by atoms with Crippen molar-refractivity contribution in [3.8, 4) is 0 Å². The van der Waals surface area contributed by atoms with Crippen LogP contribution >= 0.6 is 0 Å². The van der Waals surface area contributed by atoms with Gasteiger partial charge in [0.1, 0.15) is 0 Å². The minimum absolute atomic E-state index is 0.0110. The molecule has 1 aliphatic rings. The molecule has 3 N–H and O–H groups in total. The Morgan fingerprint density at radius 1 is 1.36 bits per heavy atom. The van der Waals surface area contributed by atoms with Crippen molar-refractivity contribution < 1.29 is 4.79 Å². The van der Waals surface area contributed by atoms with E-state index in [1.807, 2.05) is 31.2 Å². The first kappa shape index (κ1) is 9.21. The molecule has 3 heteroatoms. The topological polar surface area (TPSA) is 55.1 Å². The molecule has 2 rings (SSSR count). The third-order valence-electron chi connectivity index (χ3n) is 2.60. The van der Waals surface area contributed by atoms with E-state index in [2.05, 4.69) is 5.32 Å². The fourth-order valence-electron chi connectivity index (χ4n) is 1.78. The van der Waals surface area contributed by atoms with Crippen LogP contribution < -0.4 is 11.1 Å². The molecule has 1 heterocycles. The molecule has 0 radical (unpaired) electrons. The third kappa shape index (κ3) is 1.63. The average Bonchev–Trinajstić information content (AvgIpc) is 2.47. The summed E-state index contributed by atoms with van der Waals surface area (Å²) in [7, 11) is 0. The smallest absolute Gasteiger partial charge is 0.222 e. The number of aryl methyl sites for hydroxylation is 1. The summed E-state index contributed by atoms with van der Waals surface area (Å²) in [5.41, 5.74) is 8.16. The highest BCUT2D eigenvalue weighted by Gasteiger charge is 2.30. The molecule has 1 aromatic carbocycles. The molecule has 0 saturated carbocycles. The van der Waals surface area contributed by atoms with Crippen LogP contribution in [0.15, 0.2) is 24.3 Å². The Labute approximate surface area is 83.3 Å². The van der Waals surface area contributed by atoms with Crippen molar-refractivity contribution in [3.63, 3.8) is 0 Å². The lowest BCUT2D eigenvalue weighted by atomic mass is 10.0. The van der Waals surface area contributed by atoms with Crippen molar-refractivity contribution in [1.82, 2.24) is 5.32 Å². The Hall–Kier alpha value is -1.35. The average molecular weight is 190 g/mol. The summed E-state index contributed by atoms with van der Waals surface area (Å²) in [4.78, 5) is 11.1. The van der Waals surface area contributed by atoms with Crippen molar-refractivity contribution in [3.05, 3.63) is 35.4 Å². The van der Waals surface area contributed by atoms with Gasteiger partial charge in [-0.25, -0.2) is 0 Å². The lowest BCUT2D eigenvalue weighted by molar-refractivity contribution is -0.119. The fraction of sp³-hybridized carbons (Fsp3) is 0.364. The minimum Gasteiger partial charge on any atom is -0.348 e. The molecule has 1 fully saturated rings. The molecule has 1 aliphatic heterocycles. The molecule has 0 spiro atoms. The molecule has 3 nitrogen and oxygen atoms in total. The minimum atomic E-state index is -0.0924. The normalized spacial score (nSPS) is 26.3. The Morgan fingerprint density at radius 3 is 2.50 bits per heavy atom. The van der Waals surface area contributed by atoms with Crippen molar-refractivity contribution in [1.29, 1.82) is 0 Å². The van der Waals surface area contributed by atoms with E-state index in [-0.39, 0.29) is 18.0 Å². The molecule has 1 amide bonds. The molecule has 74 valence electrons. The maximum Gasteiger partial charge on any atom is 0.222 e. The Kier molecular flexibility index (Phi) is 2.25. The second-order valence-corrected chi connectivity index (χ2v) is 3.82. The molecule has 1 saturated heterocycles. The molecule has 0 aromatic heterocycles. The number of carbonyl (C=O) groups is 1. The van der Waals surface area contributed by atoms with Gasteiger partial charge in [0.25, 0.3) is 0 Å². The van der Waals surface area contributed by atoms with E-state index in [9.17, 15) is 4.79 Å². The molecular formula is C11H14N2O. The van der Waals surface area contributed by atoms with E-state index in [0.717, 1.165) is 5.56 Å². The molecule has 14 heavy (non-hydrogen) atoms. The first-order chi connectivity index (χ1) is 6.66. The van der Waals surface area contributed by atoms with E-state index < -0.39 is 0 Å². The molecule has 0 aliphatic carbocycles. The van der Waals surface area contributed by atoms with Crippen molar-refractivity contribution in [2.24, 2.45) is 5.73 Å². The van der Waals surface area contributed by atoms with E-state index in [0.29, 0.717) is 6.42 Å². The van der Waals surface area contributed by atoms with Crippen LogP contribution in [0.25, 0.3) is 0 Å². The van der Waals surface area contributed by atoms with E-state index >= 15 is 0 Å². The van der Waals surface area contributed by atoms with Gasteiger partial charge in [-0.05, 0) is 12.5 Å². The number of nitrogens with one attached hydrogen (secondary N) is 1. The van der Waals surface area contributed by atoms with Gasteiger partial charge in [-0.2, -0.15) is 0 Å². The number of hydrogen-bond acceptors (Lipinski definition) is 2. The molecule has 1 aromatic rings. The Bertz CT molecular complexity index is 345. The Morgan fingerprint density at radius 2 is 2.00 bits per heavy atom. The number of amides is 1. The lowest BCUT2D eigenvalue weighted by Crippen LogP contribution is -2.28. The molecule has 2 atom stereocenters. The van der Waals surface area contributed by atoms with E-state index in [4.69, 9.17) is 5.73 Å². The largest absolute Gasteiger partial charge is 0.348 e. The summed E-state index contributed by atoms with van der Waals surface area (Å²) in [5.74, 6) is 0.0445. The second-order valence-electron chi connectivity index (χ2n) is 3.82. The highest BCUT2D eigenvalue weighted by atomic mass is 16.2. The first-order valence-electron chi connectivity index (χ1n) is 4.78. The van der Waals surface area contributed by atoms with Crippen LogP contribution in [0.2, 0.25) is 0 Å². The van der Waals surface area contributed by atoms with Crippen molar-refractivity contribution >= 4 is 5.91 Å². The van der Waals surface area contributed by atoms with Crippen LogP contribution in [0.4, 0.5) is 0 Å². The van der Waals surface area contributed by atoms with Crippen LogP contribution in [0.3, 0.4) is 0 Å². The van der Waals surface area contributed by atoms with Gasteiger partial charge in [0.05, 0.1) is 6.04 Å². The van der Waals surface area contributed by atoms with Gasteiger partial charge < -0.3 is 11.1 Å². The summed E-state index contributed by atoms with van der Waals surface area (Å²) in [6.45, 7) is 2.04. The number of hydrogen-bond donors (Lipinski definition) is 2. The zero-order chi connectivity index (χ0) is 10.1. The van der Waals surface area contributed by atoms with Gasteiger partial charge in [0.2, 0.25) is 5.91 Å². The molecule has 0 bridgehead atoms. The predicted molar refractivity (Wildman–Crippen MR) is 54.7 cm³/mol. The fourth-order valence-corrected chi connectivity index (χ4v) is 1.78. The number of rotatable bonds is 1. The van der Waals surface area contributed by atoms with Gasteiger partial charge >= 0.3 is 0 Å². The summed E-state index contributed by atoms with van der Waals surface area (Å²) < 4.78 is 0. The van der Waals surface area contributed by atoms with Crippen LogP contribution in [0.5, 0.6) is 0 Å². The van der Waals surface area contributed by atoms with Crippen molar-refractivity contribution in [2.75, 3.05) is 0 Å². The van der Waals surface area contributed by atoms with Crippen LogP contribution in [-0.4, -0.2) is 11.9 Å². The highest BCUT2D eigenvalue weighted by Crippen LogP contribution is 2.22. The number of benzene rings is 1. The van der Waals surface area contributed by atoms with Crippen molar-refractivity contribution in [2.45, 2.75) is 25.4 Å². The third-order valence-corrected chi connectivity index (χ3v) is 2.60. The van der Waals surface area contributed by atoms with Gasteiger partial charge in [0, 0.05) is 12.5 Å². The first-order valence-corrected chi connectivity index (χ1v) is 4.78. The Balaban J connectivity index is 2.23. The zero-order valence-corrected chi connectivity index (χ0v) is 8.16. The maximum atomic E-state index is 11.1. The quantitative estimate of drug-likeness (QED) is 0.690. The second kappa shape index (κ2) is 3.42. The lowest BCUT2D eigenvalue weighted by Gasteiger charge is -2.15. The summed E-state index contributed by atoms with van der Waals surface area (Å²) >= 11 is 0. The SMILES string of the molecule is Cc1ccc(C2NC(=O)CC2N)cc1. The zero-order valence-electron chi connectivity index (χ0n) is 8.16. The standard InChI is InChI=1S/C11H14N2O/c1-7-2-4-8(5-3-7)11-9(12)6-10(14)13-11/h2-5,9,11H,6,12H2,1H3,(H,13,14). The number of carbonyl (C=O) groups excluding carboxylic acids is 1. The number of nitrogens with two attached hydrogens (primary N) is 1. The van der Waals surface area contributed by atoms with Gasteiger partial charge in [-0.1, -0.05) is 29.8 Å². The maximum absolute atomic E-state index is 11.1. The van der Waals surface area contributed by atoms with Gasteiger partial charge in [-0.3, -0.25) is 4.79 Å². The van der Waals surface area contributed by atoms with E-state index in [1.165, 1.54) is 5.56 Å².